The summed E-state index contributed by atoms with van der Waals surface area (Å²) in [7, 11) is 0. The molecule has 1 N–H and O–H groups in total. The standard InChI is InChI=1S/C22H29N5O/c1-4-25-11-13-26(14-12-25)21-19-15-27(10-9-20(19)23-17(3)24-21)22(28)18-7-5-16(2)6-8-18/h5-8H,4,9-15H2,1-3H3/p+1. The van der Waals surface area contributed by atoms with Crippen molar-refractivity contribution in [1.29, 1.82) is 0 Å². The number of piperazine rings is 1. The van der Waals surface area contributed by atoms with Gasteiger partial charge < -0.3 is 14.7 Å². The molecule has 2 aliphatic rings. The Bertz CT molecular complexity index is 856. The number of carbonyl (C=O) groups is 1. The highest BCUT2D eigenvalue weighted by molar-refractivity contribution is 5.94. The van der Waals surface area contributed by atoms with Crippen LogP contribution in [0.25, 0.3) is 0 Å². The second-order valence-corrected chi connectivity index (χ2v) is 7.95. The summed E-state index contributed by atoms with van der Waals surface area (Å²) in [6, 6.07) is 7.84. The molecule has 0 spiro atoms. The molecule has 2 aromatic rings. The van der Waals surface area contributed by atoms with E-state index in [0.717, 1.165) is 61.1 Å². The first kappa shape index (κ1) is 18.9. The van der Waals surface area contributed by atoms with Crippen molar-refractivity contribution in [2.75, 3.05) is 44.2 Å². The molecule has 0 bridgehead atoms. The summed E-state index contributed by atoms with van der Waals surface area (Å²) in [5.74, 6) is 1.97. The smallest absolute Gasteiger partial charge is 0.254 e. The van der Waals surface area contributed by atoms with Crippen LogP contribution in [-0.2, 0) is 13.0 Å². The molecule has 6 nitrogen and oxygen atoms in total. The average Bonchev–Trinajstić information content (AvgIpc) is 2.73. The lowest BCUT2D eigenvalue weighted by Gasteiger charge is -2.36. The summed E-state index contributed by atoms with van der Waals surface area (Å²) in [6.07, 6.45) is 0.795. The number of nitrogens with zero attached hydrogens (tertiary/aromatic N) is 4. The first-order valence-corrected chi connectivity index (χ1v) is 10.4. The van der Waals surface area contributed by atoms with Crippen LogP contribution in [0.1, 0.15) is 39.9 Å². The molecule has 0 unspecified atom stereocenters. The number of hydrogen-bond donors (Lipinski definition) is 1. The molecule has 0 aliphatic carbocycles. The van der Waals surface area contributed by atoms with E-state index in [-0.39, 0.29) is 5.91 Å². The molecule has 1 aromatic heterocycles. The van der Waals surface area contributed by atoms with E-state index in [1.807, 2.05) is 43.0 Å². The lowest BCUT2D eigenvalue weighted by atomic mass is 10.0. The minimum absolute atomic E-state index is 0.0948. The zero-order chi connectivity index (χ0) is 19.7. The number of aryl methyl sites for hydroxylation is 2. The maximum atomic E-state index is 13.0. The first-order chi connectivity index (χ1) is 13.5. The number of amides is 1. The van der Waals surface area contributed by atoms with Gasteiger partial charge in [0.25, 0.3) is 5.91 Å². The Morgan fingerprint density at radius 1 is 1.07 bits per heavy atom. The molecule has 1 fully saturated rings. The van der Waals surface area contributed by atoms with Crippen LogP contribution < -0.4 is 9.80 Å². The van der Waals surface area contributed by atoms with Crippen molar-refractivity contribution in [2.24, 2.45) is 0 Å². The van der Waals surface area contributed by atoms with Crippen LogP contribution in [0.15, 0.2) is 24.3 Å². The zero-order valence-electron chi connectivity index (χ0n) is 17.2. The van der Waals surface area contributed by atoms with Crippen LogP contribution in [-0.4, -0.2) is 60.0 Å². The number of quaternary nitrogens is 1. The summed E-state index contributed by atoms with van der Waals surface area (Å²) in [5.41, 5.74) is 4.17. The topological polar surface area (TPSA) is 53.8 Å². The fraction of sp³-hybridized carbons (Fsp3) is 0.500. The summed E-state index contributed by atoms with van der Waals surface area (Å²) in [6.45, 7) is 13.0. The lowest BCUT2D eigenvalue weighted by molar-refractivity contribution is -0.898. The van der Waals surface area contributed by atoms with Crippen molar-refractivity contribution >= 4 is 11.7 Å². The molecule has 1 saturated heterocycles. The average molecular weight is 381 g/mol. The Morgan fingerprint density at radius 2 is 1.79 bits per heavy atom. The highest BCUT2D eigenvalue weighted by atomic mass is 16.2. The number of likely N-dealkylation sites (N-methyl/N-ethyl adjacent to an activating group) is 1. The van der Waals surface area contributed by atoms with E-state index in [9.17, 15) is 4.79 Å². The van der Waals surface area contributed by atoms with E-state index in [2.05, 4.69) is 11.8 Å². The van der Waals surface area contributed by atoms with E-state index in [1.54, 1.807) is 4.90 Å². The zero-order valence-corrected chi connectivity index (χ0v) is 17.2. The van der Waals surface area contributed by atoms with Crippen molar-refractivity contribution in [3.63, 3.8) is 0 Å². The molecule has 1 aromatic carbocycles. The third kappa shape index (κ3) is 3.74. The third-order valence-corrected chi connectivity index (χ3v) is 6.01. The number of aromatic nitrogens is 2. The Kier molecular flexibility index (Phi) is 5.31. The van der Waals surface area contributed by atoms with E-state index < -0.39 is 0 Å². The molecule has 4 rings (SSSR count). The van der Waals surface area contributed by atoms with Crippen molar-refractivity contribution < 1.29 is 9.69 Å². The van der Waals surface area contributed by atoms with Crippen LogP contribution >= 0.6 is 0 Å². The number of hydrogen-bond acceptors (Lipinski definition) is 4. The van der Waals surface area contributed by atoms with Gasteiger partial charge in [0.1, 0.15) is 11.6 Å². The number of rotatable bonds is 3. The number of nitrogens with one attached hydrogen (secondary N) is 1. The third-order valence-electron chi connectivity index (χ3n) is 6.01. The lowest BCUT2D eigenvalue weighted by Crippen LogP contribution is -3.14. The maximum Gasteiger partial charge on any atom is 0.254 e. The Morgan fingerprint density at radius 3 is 2.46 bits per heavy atom. The van der Waals surface area contributed by atoms with Gasteiger partial charge in [-0.1, -0.05) is 17.7 Å². The van der Waals surface area contributed by atoms with Crippen LogP contribution in [0, 0.1) is 13.8 Å². The van der Waals surface area contributed by atoms with E-state index in [1.165, 1.54) is 12.1 Å². The molecule has 0 saturated carbocycles. The minimum atomic E-state index is 0.0948. The molecular formula is C22H30N5O+. The normalized spacial score (nSPS) is 17.5. The van der Waals surface area contributed by atoms with E-state index in [4.69, 9.17) is 9.97 Å². The monoisotopic (exact) mass is 380 g/mol. The second kappa shape index (κ2) is 7.87. The van der Waals surface area contributed by atoms with Crippen molar-refractivity contribution in [3.8, 4) is 0 Å². The molecule has 0 radical (unpaired) electrons. The number of benzene rings is 1. The number of fused-ring (bicyclic) bond motifs is 1. The SMILES string of the molecule is CC[NH+]1CCN(c2nc(C)nc3c2CN(C(=O)c2ccc(C)cc2)CC3)CC1. The maximum absolute atomic E-state index is 13.0. The molecule has 3 heterocycles. The van der Waals surface area contributed by atoms with Crippen molar-refractivity contribution in [3.05, 3.63) is 52.5 Å². The van der Waals surface area contributed by atoms with Gasteiger partial charge in [0.05, 0.1) is 45.0 Å². The van der Waals surface area contributed by atoms with E-state index in [0.29, 0.717) is 13.1 Å². The van der Waals surface area contributed by atoms with Gasteiger partial charge in [0.15, 0.2) is 0 Å². The molecular weight excluding hydrogens is 350 g/mol. The van der Waals surface area contributed by atoms with Gasteiger partial charge in [-0.3, -0.25) is 4.79 Å². The summed E-state index contributed by atoms with van der Waals surface area (Å²) in [5, 5.41) is 0. The first-order valence-electron chi connectivity index (χ1n) is 10.4. The molecule has 28 heavy (non-hydrogen) atoms. The second-order valence-electron chi connectivity index (χ2n) is 7.95. The van der Waals surface area contributed by atoms with Gasteiger partial charge in [-0.2, -0.15) is 0 Å². The van der Waals surface area contributed by atoms with Gasteiger partial charge in [-0.15, -0.1) is 0 Å². The largest absolute Gasteiger partial charge is 0.345 e. The van der Waals surface area contributed by atoms with E-state index >= 15 is 0 Å². The van der Waals surface area contributed by atoms with Crippen molar-refractivity contribution in [2.45, 2.75) is 33.7 Å². The minimum Gasteiger partial charge on any atom is -0.345 e. The molecule has 0 atom stereocenters. The Labute approximate surface area is 167 Å². The summed E-state index contributed by atoms with van der Waals surface area (Å²) < 4.78 is 0. The van der Waals surface area contributed by atoms with Gasteiger partial charge in [-0.05, 0) is 32.9 Å². The van der Waals surface area contributed by atoms with Gasteiger partial charge in [-0.25, -0.2) is 9.97 Å². The Balaban J connectivity index is 1.58. The predicted molar refractivity (Wildman–Crippen MR) is 110 cm³/mol. The molecule has 148 valence electrons. The predicted octanol–water partition coefficient (Wildman–Crippen LogP) is 1.02. The quantitative estimate of drug-likeness (QED) is 0.864. The Hall–Kier alpha value is -2.47. The van der Waals surface area contributed by atoms with Crippen LogP contribution in [0.5, 0.6) is 0 Å². The fourth-order valence-corrected chi connectivity index (χ4v) is 4.22. The molecule has 2 aliphatic heterocycles. The van der Waals surface area contributed by atoms with Gasteiger partial charge >= 0.3 is 0 Å². The summed E-state index contributed by atoms with van der Waals surface area (Å²) in [4.78, 5) is 28.5. The van der Waals surface area contributed by atoms with Crippen LogP contribution in [0.3, 0.4) is 0 Å². The highest BCUT2D eigenvalue weighted by Gasteiger charge is 2.29. The summed E-state index contributed by atoms with van der Waals surface area (Å²) >= 11 is 0. The number of anilines is 1. The van der Waals surface area contributed by atoms with Gasteiger partial charge in [0, 0.05) is 24.1 Å². The van der Waals surface area contributed by atoms with Crippen LogP contribution in [0.4, 0.5) is 5.82 Å². The fourth-order valence-electron chi connectivity index (χ4n) is 4.22. The van der Waals surface area contributed by atoms with Crippen molar-refractivity contribution in [1.82, 2.24) is 14.9 Å². The van der Waals surface area contributed by atoms with Crippen LogP contribution in [0.2, 0.25) is 0 Å². The highest BCUT2D eigenvalue weighted by Crippen LogP contribution is 2.27. The molecule has 1 amide bonds. The van der Waals surface area contributed by atoms with Gasteiger partial charge in [0.2, 0.25) is 0 Å². The molecule has 6 heteroatoms. The number of carbonyl (C=O) groups excluding carboxylic acids is 1.